The van der Waals surface area contributed by atoms with Crippen molar-refractivity contribution < 1.29 is 22.7 Å². The molecule has 1 unspecified atom stereocenters. The summed E-state index contributed by atoms with van der Waals surface area (Å²) in [5.74, 6) is 0.889. The summed E-state index contributed by atoms with van der Waals surface area (Å²) in [6.45, 7) is 1.14. The molecule has 0 saturated carbocycles. The van der Waals surface area contributed by atoms with Gasteiger partial charge in [-0.1, -0.05) is 23.5 Å². The van der Waals surface area contributed by atoms with E-state index in [0.717, 1.165) is 0 Å². The van der Waals surface area contributed by atoms with Crippen molar-refractivity contribution in [1.82, 2.24) is 9.88 Å². The lowest BCUT2D eigenvalue weighted by Gasteiger charge is -2.30. The van der Waals surface area contributed by atoms with Gasteiger partial charge in [-0.15, -0.1) is 0 Å². The maximum atomic E-state index is 13.4. The van der Waals surface area contributed by atoms with Gasteiger partial charge in [0.1, 0.15) is 6.61 Å². The molecule has 10 heteroatoms. The first kappa shape index (κ1) is 21.5. The fourth-order valence-corrected chi connectivity index (χ4v) is 4.91. The van der Waals surface area contributed by atoms with Gasteiger partial charge in [0.05, 0.1) is 15.1 Å². The Balaban J connectivity index is 1.65. The minimum absolute atomic E-state index is 0.109. The number of nitrogens with zero attached hydrogens (tertiary/aromatic N) is 3. The zero-order chi connectivity index (χ0) is 22.2. The molecule has 2 heterocycles. The molecule has 1 atom stereocenters. The van der Waals surface area contributed by atoms with Crippen LogP contribution in [0.4, 0.5) is 5.13 Å². The number of carbonyl (C=O) groups is 1. The van der Waals surface area contributed by atoms with Crippen molar-refractivity contribution >= 4 is 42.4 Å². The fourth-order valence-electron chi connectivity index (χ4n) is 3.15. The van der Waals surface area contributed by atoms with E-state index in [2.05, 4.69) is 4.98 Å². The number of aromatic nitrogens is 1. The minimum atomic E-state index is -3.33. The van der Waals surface area contributed by atoms with E-state index in [0.29, 0.717) is 39.9 Å². The summed E-state index contributed by atoms with van der Waals surface area (Å²) in [6.07, 6.45) is 0.372. The number of benzene rings is 2. The van der Waals surface area contributed by atoms with Gasteiger partial charge >= 0.3 is 0 Å². The zero-order valence-corrected chi connectivity index (χ0v) is 19.1. The molecule has 1 aliphatic rings. The average molecular weight is 462 g/mol. The highest BCUT2D eigenvalue weighted by Crippen LogP contribution is 2.34. The lowest BCUT2D eigenvalue weighted by Crippen LogP contribution is -2.48. The number of thiazole rings is 1. The standard InChI is InChI=1S/C21H23N3O5S2/c1-23(2)10-11-24(20(25)18-13-28-16-6-4-5-7-17(16)29-18)21-22-15-9-8-14(31(3,26)27)12-19(15)30-21/h4-9,12,18H,10-11,13H2,1-3H3. The molecular weight excluding hydrogens is 438 g/mol. The predicted molar refractivity (Wildman–Crippen MR) is 120 cm³/mol. The highest BCUT2D eigenvalue weighted by Gasteiger charge is 2.33. The molecule has 1 amide bonds. The van der Waals surface area contributed by atoms with Crippen molar-refractivity contribution in [1.29, 1.82) is 0 Å². The summed E-state index contributed by atoms with van der Waals surface area (Å²) >= 11 is 1.28. The Morgan fingerprint density at radius 2 is 1.90 bits per heavy atom. The molecule has 0 bridgehead atoms. The molecule has 0 spiro atoms. The highest BCUT2D eigenvalue weighted by atomic mass is 32.2. The molecule has 0 saturated heterocycles. The molecule has 1 aromatic heterocycles. The number of likely N-dealkylation sites (N-methyl/N-ethyl adjacent to an activating group) is 1. The van der Waals surface area contributed by atoms with Gasteiger partial charge in [0.15, 0.2) is 26.5 Å². The molecule has 164 valence electrons. The van der Waals surface area contributed by atoms with Crippen LogP contribution in [0.1, 0.15) is 0 Å². The van der Waals surface area contributed by atoms with Crippen molar-refractivity contribution in [2.24, 2.45) is 0 Å². The molecule has 31 heavy (non-hydrogen) atoms. The molecule has 3 aromatic rings. The Morgan fingerprint density at radius 1 is 1.16 bits per heavy atom. The smallest absolute Gasteiger partial charge is 0.273 e. The molecule has 0 radical (unpaired) electrons. The van der Waals surface area contributed by atoms with E-state index in [9.17, 15) is 13.2 Å². The Bertz CT molecular complexity index is 1220. The van der Waals surface area contributed by atoms with E-state index in [-0.39, 0.29) is 17.4 Å². The third-order valence-electron chi connectivity index (χ3n) is 4.83. The van der Waals surface area contributed by atoms with Gasteiger partial charge < -0.3 is 14.4 Å². The molecule has 4 rings (SSSR count). The molecular formula is C21H23N3O5S2. The van der Waals surface area contributed by atoms with Gasteiger partial charge in [-0.3, -0.25) is 9.69 Å². The van der Waals surface area contributed by atoms with Crippen LogP contribution < -0.4 is 14.4 Å². The topological polar surface area (TPSA) is 89.0 Å². The number of carbonyl (C=O) groups excluding carboxylic acids is 1. The van der Waals surface area contributed by atoms with Crippen molar-refractivity contribution in [2.75, 3.05) is 44.9 Å². The van der Waals surface area contributed by atoms with E-state index in [1.54, 1.807) is 29.2 Å². The van der Waals surface area contributed by atoms with Gasteiger partial charge in [-0.25, -0.2) is 13.4 Å². The van der Waals surface area contributed by atoms with Gasteiger partial charge in [0, 0.05) is 19.3 Å². The number of rotatable bonds is 6. The van der Waals surface area contributed by atoms with Crippen LogP contribution in [0.15, 0.2) is 47.4 Å². The van der Waals surface area contributed by atoms with E-state index < -0.39 is 15.9 Å². The van der Waals surface area contributed by atoms with E-state index >= 15 is 0 Å². The second-order valence-corrected chi connectivity index (χ2v) is 10.6. The SMILES string of the molecule is CN(C)CCN(C(=O)C1COc2ccccc2O1)c1nc2ccc(S(C)(=O)=O)cc2s1. The number of hydrogen-bond acceptors (Lipinski definition) is 8. The third kappa shape index (κ3) is 4.65. The van der Waals surface area contributed by atoms with Crippen LogP contribution in [-0.2, 0) is 14.6 Å². The Labute approximate surface area is 184 Å². The largest absolute Gasteiger partial charge is 0.485 e. The van der Waals surface area contributed by atoms with Crippen LogP contribution in [0.2, 0.25) is 0 Å². The van der Waals surface area contributed by atoms with Gasteiger partial charge in [-0.05, 0) is 44.4 Å². The summed E-state index contributed by atoms with van der Waals surface area (Å²) in [5, 5.41) is 0.495. The lowest BCUT2D eigenvalue weighted by molar-refractivity contribution is -0.127. The van der Waals surface area contributed by atoms with Crippen LogP contribution in [-0.4, -0.2) is 70.4 Å². The molecule has 0 N–H and O–H groups in total. The Kier molecular flexibility index (Phi) is 5.87. The van der Waals surface area contributed by atoms with Gasteiger partial charge in [0.25, 0.3) is 5.91 Å². The molecule has 0 fully saturated rings. The number of sulfone groups is 1. The van der Waals surface area contributed by atoms with Crippen LogP contribution in [0, 0.1) is 0 Å². The quantitative estimate of drug-likeness (QED) is 0.557. The number of anilines is 1. The number of hydrogen-bond donors (Lipinski definition) is 0. The average Bonchev–Trinajstić information content (AvgIpc) is 3.15. The van der Waals surface area contributed by atoms with Crippen molar-refractivity contribution in [2.45, 2.75) is 11.0 Å². The second kappa shape index (κ2) is 8.45. The van der Waals surface area contributed by atoms with E-state index in [1.807, 2.05) is 31.1 Å². The Hall–Kier alpha value is -2.69. The van der Waals surface area contributed by atoms with Crippen LogP contribution in [0.25, 0.3) is 10.2 Å². The maximum Gasteiger partial charge on any atom is 0.273 e. The number of para-hydroxylation sites is 2. The molecule has 8 nitrogen and oxygen atoms in total. The third-order valence-corrected chi connectivity index (χ3v) is 6.98. The summed E-state index contributed by atoms with van der Waals surface area (Å²) in [6, 6.07) is 12.0. The van der Waals surface area contributed by atoms with Gasteiger partial charge in [0.2, 0.25) is 6.10 Å². The summed E-state index contributed by atoms with van der Waals surface area (Å²) in [7, 11) is 0.519. The zero-order valence-electron chi connectivity index (χ0n) is 17.4. The number of amides is 1. The minimum Gasteiger partial charge on any atom is -0.485 e. The number of fused-ring (bicyclic) bond motifs is 2. The summed E-state index contributed by atoms with van der Waals surface area (Å²) in [4.78, 5) is 21.8. The first-order chi connectivity index (χ1) is 14.7. The van der Waals surface area contributed by atoms with Crippen molar-refractivity contribution in [3.63, 3.8) is 0 Å². The lowest BCUT2D eigenvalue weighted by atomic mass is 10.2. The first-order valence-electron chi connectivity index (χ1n) is 9.67. The second-order valence-electron chi connectivity index (χ2n) is 7.56. The van der Waals surface area contributed by atoms with Crippen LogP contribution >= 0.6 is 11.3 Å². The van der Waals surface area contributed by atoms with Crippen LogP contribution in [0.3, 0.4) is 0 Å². The predicted octanol–water partition coefficient (Wildman–Crippen LogP) is 2.43. The maximum absolute atomic E-state index is 13.4. The summed E-state index contributed by atoms with van der Waals surface area (Å²) in [5.41, 5.74) is 0.640. The van der Waals surface area contributed by atoms with Crippen molar-refractivity contribution in [3.05, 3.63) is 42.5 Å². The summed E-state index contributed by atoms with van der Waals surface area (Å²) < 4.78 is 36.1. The molecule has 0 aliphatic carbocycles. The highest BCUT2D eigenvalue weighted by molar-refractivity contribution is 7.90. The Morgan fingerprint density at radius 3 is 2.61 bits per heavy atom. The van der Waals surface area contributed by atoms with E-state index in [1.165, 1.54) is 23.7 Å². The van der Waals surface area contributed by atoms with Crippen LogP contribution in [0.5, 0.6) is 11.5 Å². The fraction of sp³-hybridized carbons (Fsp3) is 0.333. The number of ether oxygens (including phenoxy) is 2. The van der Waals surface area contributed by atoms with E-state index in [4.69, 9.17) is 9.47 Å². The first-order valence-corrected chi connectivity index (χ1v) is 12.4. The molecule has 2 aromatic carbocycles. The monoisotopic (exact) mass is 461 g/mol. The molecule has 1 aliphatic heterocycles. The normalized spacial score (nSPS) is 15.9. The van der Waals surface area contributed by atoms with Gasteiger partial charge in [-0.2, -0.15) is 0 Å². The van der Waals surface area contributed by atoms with Crippen molar-refractivity contribution in [3.8, 4) is 11.5 Å².